The summed E-state index contributed by atoms with van der Waals surface area (Å²) in [6, 6.07) is 0. The van der Waals surface area contributed by atoms with Crippen LogP contribution in [0.15, 0.2) is 0 Å². The molecular weight excluding hydrogens is 140 g/mol. The van der Waals surface area contributed by atoms with Crippen LogP contribution in [-0.2, 0) is 9.47 Å². The molecule has 0 radical (unpaired) electrons. The average Bonchev–Trinajstić information content (AvgIpc) is 1.97. The predicted octanol–water partition coefficient (Wildman–Crippen LogP) is -1.72. The number of aliphatic hydroxyl groups is 3. The van der Waals surface area contributed by atoms with Crippen LogP contribution in [-0.4, -0.2) is 48.2 Å². The van der Waals surface area contributed by atoms with Crippen molar-refractivity contribution in [1.29, 1.82) is 0 Å². The van der Waals surface area contributed by atoms with Gasteiger partial charge in [0.2, 0.25) is 0 Å². The number of rotatable bonds is 6. The normalized spacial score (nSPS) is 10.8. The molecule has 0 spiro atoms. The molecule has 5 nitrogen and oxygen atoms in total. The highest BCUT2D eigenvalue weighted by molar-refractivity contribution is 4.25. The van der Waals surface area contributed by atoms with Crippen molar-refractivity contribution in [2.24, 2.45) is 0 Å². The molecule has 0 aliphatic carbocycles. The highest BCUT2D eigenvalue weighted by Crippen LogP contribution is 1.87. The second-order valence-corrected chi connectivity index (χ2v) is 1.50. The molecular formula is C5H12O5. The molecule has 0 aromatic rings. The van der Waals surface area contributed by atoms with E-state index in [1.165, 1.54) is 0 Å². The molecule has 5 heteroatoms. The fourth-order valence-electron chi connectivity index (χ4n) is 0.355. The van der Waals surface area contributed by atoms with Gasteiger partial charge in [0.1, 0.15) is 0 Å². The molecule has 0 fully saturated rings. The van der Waals surface area contributed by atoms with Crippen LogP contribution >= 0.6 is 0 Å². The van der Waals surface area contributed by atoms with E-state index >= 15 is 0 Å². The Morgan fingerprint density at radius 2 is 1.40 bits per heavy atom. The van der Waals surface area contributed by atoms with Crippen molar-refractivity contribution in [3.05, 3.63) is 0 Å². The minimum Gasteiger partial charge on any atom is -0.394 e. The van der Waals surface area contributed by atoms with Crippen LogP contribution in [0.2, 0.25) is 0 Å². The average molecular weight is 152 g/mol. The van der Waals surface area contributed by atoms with Gasteiger partial charge in [-0.25, -0.2) is 0 Å². The van der Waals surface area contributed by atoms with E-state index in [0.717, 1.165) is 0 Å². The Hall–Kier alpha value is -0.200. The Morgan fingerprint density at radius 1 is 1.00 bits per heavy atom. The number of hydrogen-bond acceptors (Lipinski definition) is 5. The Bertz CT molecular complexity index is 59.1. The number of hydrogen-bond donors (Lipinski definition) is 3. The van der Waals surface area contributed by atoms with Gasteiger partial charge >= 0.3 is 0 Å². The van der Waals surface area contributed by atoms with Gasteiger partial charge in [-0.3, -0.25) is 0 Å². The van der Waals surface area contributed by atoms with Gasteiger partial charge in [0.15, 0.2) is 0 Å². The zero-order chi connectivity index (χ0) is 7.82. The molecule has 0 heterocycles. The van der Waals surface area contributed by atoms with Gasteiger partial charge in [-0.1, -0.05) is 0 Å². The third-order valence-corrected chi connectivity index (χ3v) is 0.703. The highest BCUT2D eigenvalue weighted by atomic mass is 16.8. The fraction of sp³-hybridized carbons (Fsp3) is 1.00. The summed E-state index contributed by atoms with van der Waals surface area (Å²) in [7, 11) is 0. The molecule has 62 valence electrons. The largest absolute Gasteiger partial charge is 0.394 e. The van der Waals surface area contributed by atoms with Crippen molar-refractivity contribution in [1.82, 2.24) is 0 Å². The minimum atomic E-state index is -1.35. The molecule has 0 aromatic carbocycles. The van der Waals surface area contributed by atoms with Crippen molar-refractivity contribution in [2.75, 3.05) is 26.4 Å². The summed E-state index contributed by atoms with van der Waals surface area (Å²) in [6.07, 6.45) is 0. The first kappa shape index (κ1) is 9.80. The Kier molecular flexibility index (Phi) is 6.78. The molecule has 10 heavy (non-hydrogen) atoms. The van der Waals surface area contributed by atoms with Crippen LogP contribution in [0, 0.1) is 0 Å². The lowest BCUT2D eigenvalue weighted by Gasteiger charge is -2.09. The molecule has 0 saturated carbocycles. The standard InChI is InChI=1S/C5H12O5/c6-1-3-9-5(8)10-4-2-7/h5-8H,1-4H2. The topological polar surface area (TPSA) is 79.2 Å². The third-order valence-electron chi connectivity index (χ3n) is 0.703. The number of aliphatic hydroxyl groups excluding tert-OH is 3. The van der Waals surface area contributed by atoms with E-state index in [4.69, 9.17) is 15.3 Å². The zero-order valence-electron chi connectivity index (χ0n) is 5.56. The molecule has 3 N–H and O–H groups in total. The van der Waals surface area contributed by atoms with E-state index < -0.39 is 6.48 Å². The molecule has 0 atom stereocenters. The second-order valence-electron chi connectivity index (χ2n) is 1.50. The van der Waals surface area contributed by atoms with Gasteiger partial charge in [-0.2, -0.15) is 0 Å². The highest BCUT2D eigenvalue weighted by Gasteiger charge is 2.00. The predicted molar refractivity (Wildman–Crippen MR) is 32.1 cm³/mol. The molecule has 0 aromatic heterocycles. The van der Waals surface area contributed by atoms with Gasteiger partial charge < -0.3 is 24.8 Å². The Morgan fingerprint density at radius 3 is 1.70 bits per heavy atom. The van der Waals surface area contributed by atoms with Gasteiger partial charge in [-0.05, 0) is 0 Å². The summed E-state index contributed by atoms with van der Waals surface area (Å²) in [6.45, 7) is -1.64. The van der Waals surface area contributed by atoms with Gasteiger partial charge in [0, 0.05) is 0 Å². The van der Waals surface area contributed by atoms with Gasteiger partial charge in [0.25, 0.3) is 6.48 Å². The lowest BCUT2D eigenvalue weighted by Crippen LogP contribution is -2.19. The number of ether oxygens (including phenoxy) is 2. The van der Waals surface area contributed by atoms with E-state index in [2.05, 4.69) is 9.47 Å². The molecule has 0 unspecified atom stereocenters. The maximum atomic E-state index is 8.64. The Labute approximate surface area is 58.8 Å². The fourth-order valence-corrected chi connectivity index (χ4v) is 0.355. The summed E-state index contributed by atoms with van der Waals surface area (Å²) >= 11 is 0. The summed E-state index contributed by atoms with van der Waals surface area (Å²) in [4.78, 5) is 0. The van der Waals surface area contributed by atoms with Crippen LogP contribution in [0.4, 0.5) is 0 Å². The SMILES string of the molecule is OCCOC(O)OCCO. The van der Waals surface area contributed by atoms with Crippen LogP contribution < -0.4 is 0 Å². The first-order chi connectivity index (χ1) is 4.81. The van der Waals surface area contributed by atoms with E-state index in [0.29, 0.717) is 0 Å². The van der Waals surface area contributed by atoms with Gasteiger partial charge in [-0.15, -0.1) is 0 Å². The van der Waals surface area contributed by atoms with Gasteiger partial charge in [0.05, 0.1) is 26.4 Å². The zero-order valence-corrected chi connectivity index (χ0v) is 5.56. The van der Waals surface area contributed by atoms with Crippen molar-refractivity contribution in [2.45, 2.75) is 6.48 Å². The quantitative estimate of drug-likeness (QED) is 0.394. The maximum Gasteiger partial charge on any atom is 0.269 e. The van der Waals surface area contributed by atoms with Crippen LogP contribution in [0.1, 0.15) is 0 Å². The third kappa shape index (κ3) is 5.93. The summed E-state index contributed by atoms with van der Waals surface area (Å²) in [5.74, 6) is 0. The van der Waals surface area contributed by atoms with Crippen molar-refractivity contribution in [3.63, 3.8) is 0 Å². The second kappa shape index (κ2) is 6.91. The lowest BCUT2D eigenvalue weighted by molar-refractivity contribution is -0.267. The summed E-state index contributed by atoms with van der Waals surface area (Å²) < 4.78 is 8.93. The molecule has 0 amide bonds. The summed E-state index contributed by atoms with van der Waals surface area (Å²) in [5.41, 5.74) is 0. The molecule has 0 bridgehead atoms. The molecule has 0 saturated heterocycles. The molecule has 0 rings (SSSR count). The molecule has 0 aliphatic heterocycles. The lowest BCUT2D eigenvalue weighted by atomic mass is 10.8. The monoisotopic (exact) mass is 152 g/mol. The maximum absolute atomic E-state index is 8.64. The van der Waals surface area contributed by atoms with Crippen LogP contribution in [0.3, 0.4) is 0 Å². The first-order valence-electron chi connectivity index (χ1n) is 2.94. The smallest absolute Gasteiger partial charge is 0.269 e. The van der Waals surface area contributed by atoms with E-state index in [1.54, 1.807) is 0 Å². The minimum absolute atomic E-state index is 0.0204. The van der Waals surface area contributed by atoms with E-state index in [9.17, 15) is 0 Å². The van der Waals surface area contributed by atoms with Crippen molar-refractivity contribution >= 4 is 0 Å². The summed E-state index contributed by atoms with van der Waals surface area (Å²) in [5, 5.41) is 25.0. The van der Waals surface area contributed by atoms with E-state index in [-0.39, 0.29) is 26.4 Å². The van der Waals surface area contributed by atoms with Crippen LogP contribution in [0.5, 0.6) is 0 Å². The van der Waals surface area contributed by atoms with Crippen molar-refractivity contribution < 1.29 is 24.8 Å². The Balaban J connectivity index is 3.00. The first-order valence-corrected chi connectivity index (χ1v) is 2.94. The van der Waals surface area contributed by atoms with E-state index in [1.807, 2.05) is 0 Å². The van der Waals surface area contributed by atoms with Crippen LogP contribution in [0.25, 0.3) is 0 Å². The van der Waals surface area contributed by atoms with Crippen molar-refractivity contribution in [3.8, 4) is 0 Å². The molecule has 0 aliphatic rings.